The highest BCUT2D eigenvalue weighted by atomic mass is 32.2. The number of anilines is 2. The molecule has 2 aromatic rings. The van der Waals surface area contributed by atoms with Gasteiger partial charge in [-0.3, -0.25) is 4.79 Å². The summed E-state index contributed by atoms with van der Waals surface area (Å²) in [7, 11) is -3.45. The Bertz CT molecular complexity index is 901. The van der Waals surface area contributed by atoms with Crippen molar-refractivity contribution in [2.45, 2.75) is 43.9 Å². The maximum atomic E-state index is 12.8. The quantitative estimate of drug-likeness (QED) is 0.720. The average molecular weight is 416 g/mol. The molecule has 0 unspecified atom stereocenters. The topological polar surface area (TPSA) is 78.5 Å². The van der Waals surface area contributed by atoms with Gasteiger partial charge in [-0.05, 0) is 61.2 Å². The zero-order chi connectivity index (χ0) is 20.7. The summed E-state index contributed by atoms with van der Waals surface area (Å²) >= 11 is 0. The fourth-order valence-electron chi connectivity index (χ4n) is 3.39. The second kappa shape index (κ2) is 9.89. The van der Waals surface area contributed by atoms with Crippen LogP contribution in [0, 0.1) is 0 Å². The van der Waals surface area contributed by atoms with Crippen molar-refractivity contribution in [3.8, 4) is 0 Å². The molecule has 0 bridgehead atoms. The van der Waals surface area contributed by atoms with Gasteiger partial charge in [0.1, 0.15) is 0 Å². The highest BCUT2D eigenvalue weighted by molar-refractivity contribution is 7.89. The van der Waals surface area contributed by atoms with E-state index in [0.717, 1.165) is 37.8 Å². The Hall–Kier alpha value is -2.38. The molecule has 0 aliphatic carbocycles. The van der Waals surface area contributed by atoms with Gasteiger partial charge in [0.05, 0.1) is 11.4 Å². The number of nitrogens with one attached hydrogen (secondary N) is 2. The molecule has 1 aliphatic rings. The van der Waals surface area contributed by atoms with Crippen LogP contribution in [0.15, 0.2) is 53.4 Å². The highest BCUT2D eigenvalue weighted by Gasteiger charge is 2.24. The number of benzene rings is 2. The molecule has 1 amide bonds. The van der Waals surface area contributed by atoms with E-state index in [4.69, 9.17) is 0 Å². The third-order valence-corrected chi connectivity index (χ3v) is 7.07. The molecule has 1 heterocycles. The van der Waals surface area contributed by atoms with Crippen LogP contribution >= 0.6 is 0 Å². The molecule has 0 atom stereocenters. The maximum Gasteiger partial charge on any atom is 0.243 e. The lowest BCUT2D eigenvalue weighted by Crippen LogP contribution is -2.31. The van der Waals surface area contributed by atoms with E-state index in [1.807, 2.05) is 24.3 Å². The fourth-order valence-corrected chi connectivity index (χ4v) is 4.90. The first kappa shape index (κ1) is 21.3. The summed E-state index contributed by atoms with van der Waals surface area (Å²) in [6, 6.07) is 14.4. The van der Waals surface area contributed by atoms with Crippen molar-refractivity contribution in [1.29, 1.82) is 0 Å². The summed E-state index contributed by atoms with van der Waals surface area (Å²) in [5.74, 6) is -0.157. The van der Waals surface area contributed by atoms with Crippen molar-refractivity contribution < 1.29 is 13.2 Å². The van der Waals surface area contributed by atoms with Gasteiger partial charge in [0, 0.05) is 24.5 Å². The predicted octanol–water partition coefficient (Wildman–Crippen LogP) is 3.86. The molecule has 3 rings (SSSR count). The number of rotatable bonds is 7. The van der Waals surface area contributed by atoms with Crippen LogP contribution < -0.4 is 10.6 Å². The van der Waals surface area contributed by atoms with Crippen LogP contribution in [-0.2, 0) is 21.2 Å². The van der Waals surface area contributed by atoms with Gasteiger partial charge in [-0.2, -0.15) is 4.31 Å². The molecule has 0 saturated carbocycles. The molecule has 0 spiro atoms. The number of nitrogens with zero attached hydrogens (tertiary/aromatic N) is 1. The Morgan fingerprint density at radius 3 is 2.07 bits per heavy atom. The normalized spacial score (nSPS) is 15.5. The summed E-state index contributed by atoms with van der Waals surface area (Å²) in [6.45, 7) is 3.36. The minimum Gasteiger partial charge on any atom is -0.376 e. The number of sulfonamides is 1. The van der Waals surface area contributed by atoms with Crippen molar-refractivity contribution in [3.05, 3.63) is 54.1 Å². The minimum absolute atomic E-state index is 0.105. The minimum atomic E-state index is -3.45. The second-order valence-electron chi connectivity index (χ2n) is 7.29. The van der Waals surface area contributed by atoms with E-state index < -0.39 is 10.0 Å². The van der Waals surface area contributed by atoms with Crippen molar-refractivity contribution in [1.82, 2.24) is 4.31 Å². The van der Waals surface area contributed by atoms with Gasteiger partial charge in [0.25, 0.3) is 0 Å². The smallest absolute Gasteiger partial charge is 0.243 e. The number of aryl methyl sites for hydroxylation is 1. The molecule has 1 aliphatic heterocycles. The zero-order valence-electron chi connectivity index (χ0n) is 16.9. The van der Waals surface area contributed by atoms with E-state index >= 15 is 0 Å². The Kier molecular flexibility index (Phi) is 7.28. The van der Waals surface area contributed by atoms with Crippen LogP contribution in [0.5, 0.6) is 0 Å². The molecule has 6 nitrogen and oxygen atoms in total. The molecule has 2 aromatic carbocycles. The molecule has 2 N–H and O–H groups in total. The van der Waals surface area contributed by atoms with Gasteiger partial charge in [-0.25, -0.2) is 8.42 Å². The fraction of sp³-hybridized carbons (Fsp3) is 0.409. The highest BCUT2D eigenvalue weighted by Crippen LogP contribution is 2.21. The molecule has 0 aromatic heterocycles. The van der Waals surface area contributed by atoms with Gasteiger partial charge in [-0.15, -0.1) is 0 Å². The first-order valence-electron chi connectivity index (χ1n) is 10.2. The van der Waals surface area contributed by atoms with E-state index in [0.29, 0.717) is 23.7 Å². The second-order valence-corrected chi connectivity index (χ2v) is 9.23. The first-order valence-corrected chi connectivity index (χ1v) is 11.7. The van der Waals surface area contributed by atoms with Crippen LogP contribution in [0.4, 0.5) is 11.4 Å². The lowest BCUT2D eigenvalue weighted by Gasteiger charge is -2.20. The van der Waals surface area contributed by atoms with Crippen LogP contribution in [0.25, 0.3) is 0 Å². The Labute approximate surface area is 173 Å². The third-order valence-electron chi connectivity index (χ3n) is 5.16. The SMILES string of the molecule is CCc1ccc(NC(=O)CNc2ccc(S(=O)(=O)N3CCCCCC3)cc2)cc1. The molecule has 1 fully saturated rings. The van der Waals surface area contributed by atoms with E-state index in [1.54, 1.807) is 28.6 Å². The molecule has 7 heteroatoms. The van der Waals surface area contributed by atoms with Crippen molar-refractivity contribution in [2.75, 3.05) is 30.3 Å². The number of hydrogen-bond acceptors (Lipinski definition) is 4. The molecular weight excluding hydrogens is 386 g/mol. The predicted molar refractivity (Wildman–Crippen MR) is 117 cm³/mol. The van der Waals surface area contributed by atoms with E-state index in [-0.39, 0.29) is 12.5 Å². The van der Waals surface area contributed by atoms with Crippen molar-refractivity contribution in [3.63, 3.8) is 0 Å². The van der Waals surface area contributed by atoms with Crippen molar-refractivity contribution in [2.24, 2.45) is 0 Å². The standard InChI is InChI=1S/C22H29N3O3S/c1-2-18-7-9-20(10-8-18)24-22(26)17-23-19-11-13-21(14-12-19)29(27,28)25-15-5-3-4-6-16-25/h7-14,23H,2-6,15-17H2,1H3,(H,24,26). The molecule has 156 valence electrons. The van der Waals surface area contributed by atoms with Gasteiger partial charge in [0.15, 0.2) is 0 Å². The van der Waals surface area contributed by atoms with Gasteiger partial charge in [0.2, 0.25) is 15.9 Å². The summed E-state index contributed by atoms with van der Waals surface area (Å²) < 4.78 is 27.2. The zero-order valence-corrected chi connectivity index (χ0v) is 17.7. The number of hydrogen-bond donors (Lipinski definition) is 2. The first-order chi connectivity index (χ1) is 14.0. The Morgan fingerprint density at radius 1 is 0.897 bits per heavy atom. The Balaban J connectivity index is 1.55. The molecule has 1 saturated heterocycles. The number of carbonyl (C=O) groups excluding carboxylic acids is 1. The summed E-state index contributed by atoms with van der Waals surface area (Å²) in [5, 5.41) is 5.88. The molecule has 29 heavy (non-hydrogen) atoms. The molecule has 0 radical (unpaired) electrons. The average Bonchev–Trinajstić information content (AvgIpc) is 3.03. The summed E-state index contributed by atoms with van der Waals surface area (Å²) in [4.78, 5) is 12.4. The number of carbonyl (C=O) groups is 1. The van der Waals surface area contributed by atoms with Gasteiger partial charge >= 0.3 is 0 Å². The largest absolute Gasteiger partial charge is 0.376 e. The van der Waals surface area contributed by atoms with Crippen LogP contribution in [0.2, 0.25) is 0 Å². The summed E-state index contributed by atoms with van der Waals surface area (Å²) in [6.07, 6.45) is 4.95. The van der Waals surface area contributed by atoms with Crippen LogP contribution in [0.3, 0.4) is 0 Å². The van der Waals surface area contributed by atoms with E-state index in [2.05, 4.69) is 17.6 Å². The Morgan fingerprint density at radius 2 is 1.48 bits per heavy atom. The van der Waals surface area contributed by atoms with E-state index in [1.165, 1.54) is 5.56 Å². The van der Waals surface area contributed by atoms with Gasteiger partial charge in [-0.1, -0.05) is 31.9 Å². The summed E-state index contributed by atoms with van der Waals surface area (Å²) in [5.41, 5.74) is 2.68. The van der Waals surface area contributed by atoms with Crippen LogP contribution in [0.1, 0.15) is 38.2 Å². The van der Waals surface area contributed by atoms with E-state index in [9.17, 15) is 13.2 Å². The monoisotopic (exact) mass is 415 g/mol. The van der Waals surface area contributed by atoms with Crippen molar-refractivity contribution >= 4 is 27.3 Å². The maximum absolute atomic E-state index is 12.8. The van der Waals surface area contributed by atoms with Gasteiger partial charge < -0.3 is 10.6 Å². The van der Waals surface area contributed by atoms with Crippen LogP contribution in [-0.4, -0.2) is 38.3 Å². The lowest BCUT2D eigenvalue weighted by molar-refractivity contribution is -0.114. The molecular formula is C22H29N3O3S. The lowest BCUT2D eigenvalue weighted by atomic mass is 10.1. The third kappa shape index (κ3) is 5.81. The number of amides is 1.